The van der Waals surface area contributed by atoms with Gasteiger partial charge in [-0.1, -0.05) is 15.9 Å². The highest BCUT2D eigenvalue weighted by molar-refractivity contribution is 9.10. The number of nitrogens with one attached hydrogen (secondary N) is 5. The number of carbonyl (C=O) groups is 2. The lowest BCUT2D eigenvalue weighted by Gasteiger charge is -2.32. The Hall–Kier alpha value is -8.31. The molecule has 2 aliphatic heterocycles. The lowest BCUT2D eigenvalue weighted by molar-refractivity contribution is 0.00578. The van der Waals surface area contributed by atoms with E-state index in [2.05, 4.69) is 91.1 Å². The van der Waals surface area contributed by atoms with Crippen LogP contribution in [0.15, 0.2) is 152 Å². The molecule has 10 rings (SSSR count). The van der Waals surface area contributed by atoms with Gasteiger partial charge < -0.3 is 38.1 Å². The zero-order valence-electron chi connectivity index (χ0n) is 56.5. The van der Waals surface area contributed by atoms with E-state index < -0.39 is 113 Å². The summed E-state index contributed by atoms with van der Waals surface area (Å²) in [7, 11) is -13.1. The predicted molar refractivity (Wildman–Crippen MR) is 375 cm³/mol. The maximum absolute atomic E-state index is 13.9. The van der Waals surface area contributed by atoms with E-state index in [-0.39, 0.29) is 56.4 Å². The monoisotopic (exact) mass is 1610 g/mol. The fraction of sp³-hybridized carbons (Fsp3) is 0.274. The van der Waals surface area contributed by atoms with Gasteiger partial charge >= 0.3 is 33.3 Å². The second-order valence-electron chi connectivity index (χ2n) is 23.7. The number of ether oxygens (including phenoxy) is 2. The molecule has 40 heteroatoms. The summed E-state index contributed by atoms with van der Waals surface area (Å²) in [5.74, 6) is -5.57. The Labute approximate surface area is 602 Å². The summed E-state index contributed by atoms with van der Waals surface area (Å²) in [4.78, 5) is 39.8. The minimum atomic E-state index is -4.33. The van der Waals surface area contributed by atoms with Gasteiger partial charge in [-0.25, -0.2) is 71.2 Å². The largest absolute Gasteiger partial charge is 0.490 e. The molecule has 7 N–H and O–H groups in total. The molecular formula is C62H67B3Br2F6N10O16S3. The third-order valence-corrected chi connectivity index (χ3v) is 20.4. The van der Waals surface area contributed by atoms with E-state index in [9.17, 15) is 61.2 Å². The van der Waals surface area contributed by atoms with E-state index in [0.717, 1.165) is 53.1 Å². The molecule has 102 heavy (non-hydrogen) atoms. The number of aromatic nitrogens is 5. The summed E-state index contributed by atoms with van der Waals surface area (Å²) in [5.41, 5.74) is 0.897. The molecule has 0 spiro atoms. The first-order chi connectivity index (χ1) is 47.3. The number of methoxy groups -OCH3 is 2. The van der Waals surface area contributed by atoms with Crippen LogP contribution in [0.25, 0.3) is 11.1 Å². The number of aryl methyl sites for hydroxylation is 3. The number of halogens is 8. The van der Waals surface area contributed by atoms with Crippen molar-refractivity contribution >= 4 is 129 Å². The summed E-state index contributed by atoms with van der Waals surface area (Å²) in [6.45, 7) is 20.9. The highest BCUT2D eigenvalue weighted by atomic mass is 79.9. The molecule has 3 aromatic carbocycles. The van der Waals surface area contributed by atoms with E-state index >= 15 is 0 Å². The van der Waals surface area contributed by atoms with Crippen LogP contribution in [0.2, 0.25) is 0 Å². The number of hydrogen-bond donors (Lipinski definition) is 7. The quantitative estimate of drug-likeness (QED) is 0.0393. The van der Waals surface area contributed by atoms with Crippen molar-refractivity contribution in [1.29, 1.82) is 0 Å². The fourth-order valence-corrected chi connectivity index (χ4v) is 12.5. The molecule has 7 heterocycles. The van der Waals surface area contributed by atoms with Crippen LogP contribution >= 0.6 is 31.9 Å². The minimum absolute atomic E-state index is 0.0390. The van der Waals surface area contributed by atoms with Gasteiger partial charge in [0, 0.05) is 69.2 Å². The van der Waals surface area contributed by atoms with Gasteiger partial charge in [-0.2, -0.15) is 0 Å². The third kappa shape index (κ3) is 22.1. The number of nitrogens with zero attached hydrogens (tertiary/aromatic N) is 5. The van der Waals surface area contributed by atoms with Gasteiger partial charge in [0.05, 0.1) is 70.8 Å². The lowest BCUT2D eigenvalue weighted by atomic mass is 9.49. The molecule has 0 radical (unpaired) electrons. The maximum atomic E-state index is 13.9. The average molecular weight is 1610 g/mol. The Balaban J connectivity index is 0.000000206. The topological polar surface area (TPSA) is 357 Å². The zero-order valence-corrected chi connectivity index (χ0v) is 62.1. The molecular weight excluding hydrogens is 1540 g/mol. The molecule has 0 saturated carbocycles. The summed E-state index contributed by atoms with van der Waals surface area (Å²) in [5, 5.41) is 23.0. The SMILES string of the molecule is CC1(C)OB(B2OC(C)(C)C(C)(C)O2)OC1(C)C.COC(=O)Nc1cc(-c2cnc(C)c(NS(=O)(=O)c3ccc(F)cc3F)c2)ccn1.COC(=O)Nc1cc(Br)ccn1.Cc1ncc(B(O)O)cc1NS(=O)(=O)c1ccc(F)cc1F.Cc1ncc(Br)cc1NS(=O)(=O)c1ccc(F)cc1F. The van der Waals surface area contributed by atoms with Crippen LogP contribution in [0.1, 0.15) is 72.5 Å². The summed E-state index contributed by atoms with van der Waals surface area (Å²) < 4.78 is 194. The molecule has 5 aromatic heterocycles. The fourth-order valence-electron chi connectivity index (χ4n) is 8.34. The molecule has 544 valence electrons. The smallest absolute Gasteiger partial charge is 0.453 e. The van der Waals surface area contributed by atoms with Crippen LogP contribution in [0.5, 0.6) is 0 Å². The summed E-state index contributed by atoms with van der Waals surface area (Å²) >= 11 is 6.40. The highest BCUT2D eigenvalue weighted by Crippen LogP contribution is 2.43. The first-order valence-electron chi connectivity index (χ1n) is 29.6. The van der Waals surface area contributed by atoms with Gasteiger partial charge in [-0.3, -0.25) is 39.8 Å². The maximum Gasteiger partial charge on any atom is 0.490 e. The Bertz CT molecular complexity index is 4680. The Morgan fingerprint density at radius 1 is 0.461 bits per heavy atom. The van der Waals surface area contributed by atoms with Gasteiger partial charge in [0.1, 0.15) is 61.2 Å². The van der Waals surface area contributed by atoms with E-state index in [1.165, 1.54) is 51.9 Å². The zero-order chi connectivity index (χ0) is 76.3. The Morgan fingerprint density at radius 3 is 1.19 bits per heavy atom. The Morgan fingerprint density at radius 2 is 0.814 bits per heavy atom. The molecule has 2 fully saturated rings. The van der Waals surface area contributed by atoms with Gasteiger partial charge in [0.25, 0.3) is 30.1 Å². The molecule has 0 unspecified atom stereocenters. The van der Waals surface area contributed by atoms with Crippen LogP contribution in [-0.4, -0.2) is 130 Å². The average Bonchev–Trinajstić information content (AvgIpc) is 1.59. The second-order valence-corrected chi connectivity index (χ2v) is 30.5. The van der Waals surface area contributed by atoms with Gasteiger partial charge in [0.15, 0.2) is 0 Å². The van der Waals surface area contributed by atoms with Crippen molar-refractivity contribution in [3.63, 3.8) is 0 Å². The van der Waals surface area contributed by atoms with Crippen molar-refractivity contribution < 1.29 is 99.3 Å². The van der Waals surface area contributed by atoms with Gasteiger partial charge in [-0.05, 0) is 177 Å². The number of hydrogen-bond acceptors (Lipinski definition) is 21. The van der Waals surface area contributed by atoms with Crippen molar-refractivity contribution in [1.82, 2.24) is 24.9 Å². The third-order valence-electron chi connectivity index (χ3n) is 15.2. The Kier molecular flexibility index (Phi) is 27.4. The lowest BCUT2D eigenvalue weighted by Crippen LogP contribution is -2.41. The van der Waals surface area contributed by atoms with Crippen molar-refractivity contribution in [3.05, 3.63) is 189 Å². The van der Waals surface area contributed by atoms with Crippen molar-refractivity contribution in [2.75, 3.05) is 39.0 Å². The second kappa shape index (κ2) is 33.9. The minimum Gasteiger partial charge on any atom is -0.453 e. The van der Waals surface area contributed by atoms with E-state index in [1.807, 2.05) is 55.4 Å². The first-order valence-corrected chi connectivity index (χ1v) is 35.7. The van der Waals surface area contributed by atoms with Gasteiger partial charge in [0.2, 0.25) is 0 Å². The molecule has 2 saturated heterocycles. The normalized spacial score (nSPS) is 14.7. The van der Waals surface area contributed by atoms with Gasteiger partial charge in [-0.15, -0.1) is 0 Å². The number of sulfonamides is 3. The van der Waals surface area contributed by atoms with Crippen molar-refractivity contribution in [2.45, 2.75) is 113 Å². The van der Waals surface area contributed by atoms with Crippen molar-refractivity contribution in [2.24, 2.45) is 0 Å². The number of anilines is 5. The van der Waals surface area contributed by atoms with Crippen LogP contribution in [0.4, 0.5) is 64.6 Å². The van der Waals surface area contributed by atoms with E-state index in [1.54, 1.807) is 44.3 Å². The molecule has 2 aliphatic rings. The van der Waals surface area contributed by atoms with Crippen molar-refractivity contribution in [3.8, 4) is 11.1 Å². The number of pyridine rings is 5. The van der Waals surface area contributed by atoms with Crippen LogP contribution in [0, 0.1) is 55.7 Å². The van der Waals surface area contributed by atoms with E-state index in [4.69, 9.17) is 28.7 Å². The number of amides is 2. The predicted octanol–water partition coefficient (Wildman–Crippen LogP) is 11.4. The molecule has 0 atom stereocenters. The molecule has 0 aliphatic carbocycles. The van der Waals surface area contributed by atoms with Crippen LogP contribution < -0.4 is 30.3 Å². The first kappa shape index (κ1) is 82.6. The van der Waals surface area contributed by atoms with Crippen LogP contribution in [-0.2, 0) is 58.2 Å². The molecule has 26 nitrogen and oxygen atoms in total. The molecule has 8 aromatic rings. The number of benzene rings is 3. The highest BCUT2D eigenvalue weighted by Gasteiger charge is 2.63. The van der Waals surface area contributed by atoms with E-state index in [0.29, 0.717) is 51.0 Å². The summed E-state index contributed by atoms with van der Waals surface area (Å²) in [6.07, 6.45) is 5.97. The number of rotatable bonds is 14. The summed E-state index contributed by atoms with van der Waals surface area (Å²) in [6, 6.07) is 17.3. The molecule has 0 bridgehead atoms. The standard InChI is InChI=1S/C19H16F2N4O4S.C12H24B2O4.C12H11BF2N2O4S.C12H9BrF2N2O2S.C7H7BrN2O2/c1-11-16(25-30(27,28)17-4-3-14(20)9-15(17)21)7-13(10-23-11)12-5-6-22-18(8-12)24-19(26)29-2;1-9(2)10(3,4)16-13(15-9)14-17-11(5,6)12(7,8)18-14;1-7-11(4-8(6-16-7)13(18)19)17-22(20,21)12-3-2-9(14)5-10(12)15;1-7-11(4-8(13)6-16-7)17-20(18,19)12-3-2-9(14)5-10(12)15;1-12-7(11)10-6-4-5(8)2-3-9-6/h3-10,25H,1-2H3,(H,22,24,26);1-8H3;2-6,17-19H,1H3;2-6,17H,1H3;2-4H,1H3,(H,9,10,11). The van der Waals surface area contributed by atoms with Crippen LogP contribution in [0.3, 0.4) is 0 Å². The number of carbonyl (C=O) groups excluding carboxylic acids is 2. The molecule has 2 amide bonds.